The summed E-state index contributed by atoms with van der Waals surface area (Å²) in [7, 11) is 0. The Hall–Kier alpha value is -1.66. The van der Waals surface area contributed by atoms with E-state index in [1.807, 2.05) is 0 Å². The smallest absolute Gasteiger partial charge is 0.253 e. The van der Waals surface area contributed by atoms with Gasteiger partial charge in [-0.15, -0.1) is 0 Å². The Morgan fingerprint density at radius 1 is 1.17 bits per heavy atom. The van der Waals surface area contributed by atoms with Crippen LogP contribution in [-0.2, 0) is 4.79 Å². The molecular formula is C17H20ClFN2O3. The lowest BCUT2D eigenvalue weighted by Crippen LogP contribution is -2.44. The molecule has 24 heavy (non-hydrogen) atoms. The van der Waals surface area contributed by atoms with Crippen molar-refractivity contribution in [3.8, 4) is 0 Å². The van der Waals surface area contributed by atoms with Crippen molar-refractivity contribution >= 4 is 23.4 Å². The first-order chi connectivity index (χ1) is 11.5. The first-order valence-corrected chi connectivity index (χ1v) is 8.49. The molecule has 1 aromatic rings. The normalized spacial score (nSPS) is 25.1. The summed E-state index contributed by atoms with van der Waals surface area (Å²) in [5, 5.41) is 9.96. The molecule has 0 radical (unpaired) electrons. The summed E-state index contributed by atoms with van der Waals surface area (Å²) in [6.45, 7) is 0.984. The molecule has 0 saturated carbocycles. The number of benzene rings is 1. The van der Waals surface area contributed by atoms with Crippen LogP contribution in [0.5, 0.6) is 0 Å². The van der Waals surface area contributed by atoms with Gasteiger partial charge in [-0.1, -0.05) is 17.7 Å². The van der Waals surface area contributed by atoms with Crippen LogP contribution in [0.1, 0.15) is 23.2 Å². The number of alkyl halides is 1. The van der Waals surface area contributed by atoms with E-state index in [2.05, 4.69) is 0 Å². The van der Waals surface area contributed by atoms with Gasteiger partial charge in [0.05, 0.1) is 6.54 Å². The average Bonchev–Trinajstić information content (AvgIpc) is 2.93. The highest BCUT2D eigenvalue weighted by atomic mass is 35.5. The Balaban J connectivity index is 1.56. The van der Waals surface area contributed by atoms with Crippen molar-refractivity contribution in [2.45, 2.75) is 25.1 Å². The van der Waals surface area contributed by atoms with Crippen LogP contribution in [-0.4, -0.2) is 65.2 Å². The van der Waals surface area contributed by atoms with Crippen LogP contribution < -0.4 is 0 Å². The maximum absolute atomic E-state index is 13.4. The van der Waals surface area contributed by atoms with Gasteiger partial charge in [0.25, 0.3) is 5.91 Å². The molecular weight excluding hydrogens is 335 g/mol. The Labute approximate surface area is 145 Å². The van der Waals surface area contributed by atoms with Crippen molar-refractivity contribution in [1.82, 2.24) is 9.80 Å². The van der Waals surface area contributed by atoms with Gasteiger partial charge in [0.1, 0.15) is 12.3 Å². The van der Waals surface area contributed by atoms with E-state index in [0.717, 1.165) is 0 Å². The number of hydrogen-bond donors (Lipinski definition) is 1. The van der Waals surface area contributed by atoms with Gasteiger partial charge in [-0.2, -0.15) is 0 Å². The number of aliphatic hydroxyl groups excluding tert-OH is 1. The molecule has 2 amide bonds. The number of aliphatic hydroxyl groups is 1. The molecule has 7 heteroatoms. The topological polar surface area (TPSA) is 60.9 Å². The minimum absolute atomic E-state index is 0.0400. The highest BCUT2D eigenvalue weighted by molar-refractivity contribution is 6.30. The quantitative estimate of drug-likeness (QED) is 0.880. The molecule has 3 rings (SSSR count). The Kier molecular flexibility index (Phi) is 5.06. The van der Waals surface area contributed by atoms with Crippen LogP contribution in [0.2, 0.25) is 5.02 Å². The fourth-order valence-electron chi connectivity index (χ4n) is 3.32. The molecule has 2 fully saturated rings. The summed E-state index contributed by atoms with van der Waals surface area (Å²) >= 11 is 5.92. The van der Waals surface area contributed by atoms with Crippen molar-refractivity contribution in [2.24, 2.45) is 5.92 Å². The molecule has 1 N–H and O–H groups in total. The van der Waals surface area contributed by atoms with Crippen molar-refractivity contribution in [3.63, 3.8) is 0 Å². The number of rotatable bonds is 2. The molecule has 0 unspecified atom stereocenters. The van der Waals surface area contributed by atoms with Gasteiger partial charge in [0.15, 0.2) is 0 Å². The SMILES string of the molecule is O=C(c1cccc(Cl)c1)N1CCC(C(=O)N2C[C@@H](O)[C@H](F)C2)CC1. The lowest BCUT2D eigenvalue weighted by molar-refractivity contribution is -0.136. The molecule has 2 aliphatic heterocycles. The van der Waals surface area contributed by atoms with E-state index in [1.54, 1.807) is 29.2 Å². The van der Waals surface area contributed by atoms with E-state index in [9.17, 15) is 19.1 Å². The van der Waals surface area contributed by atoms with Crippen molar-refractivity contribution < 1.29 is 19.1 Å². The van der Waals surface area contributed by atoms with Crippen LogP contribution in [0.25, 0.3) is 0 Å². The predicted octanol–water partition coefficient (Wildman–Crippen LogP) is 1.73. The number of likely N-dealkylation sites (tertiary alicyclic amines) is 2. The summed E-state index contributed by atoms with van der Waals surface area (Å²) in [5.41, 5.74) is 0.537. The molecule has 0 bridgehead atoms. The van der Waals surface area contributed by atoms with E-state index >= 15 is 0 Å². The van der Waals surface area contributed by atoms with Crippen molar-refractivity contribution in [3.05, 3.63) is 34.9 Å². The van der Waals surface area contributed by atoms with E-state index in [-0.39, 0.29) is 30.8 Å². The first-order valence-electron chi connectivity index (χ1n) is 8.11. The first kappa shape index (κ1) is 17.2. The number of β-amino-alcohol motifs (C(OH)–C–C–N with tert-alkyl or cyclic N) is 1. The third-order valence-electron chi connectivity index (χ3n) is 4.73. The van der Waals surface area contributed by atoms with Crippen LogP contribution >= 0.6 is 11.6 Å². The molecule has 2 atom stereocenters. The van der Waals surface area contributed by atoms with Crippen LogP contribution in [0.3, 0.4) is 0 Å². The van der Waals surface area contributed by atoms with Gasteiger partial charge in [0, 0.05) is 36.1 Å². The third kappa shape index (κ3) is 3.54. The molecule has 5 nitrogen and oxygen atoms in total. The minimum Gasteiger partial charge on any atom is -0.388 e. The van der Waals surface area contributed by atoms with Crippen LogP contribution in [0, 0.1) is 5.92 Å². The molecule has 0 spiro atoms. The van der Waals surface area contributed by atoms with Gasteiger partial charge in [-0.3, -0.25) is 9.59 Å². The van der Waals surface area contributed by atoms with Gasteiger partial charge < -0.3 is 14.9 Å². The summed E-state index contributed by atoms with van der Waals surface area (Å²) in [6, 6.07) is 6.80. The molecule has 0 aliphatic carbocycles. The fourth-order valence-corrected chi connectivity index (χ4v) is 3.51. The molecule has 2 heterocycles. The molecule has 2 saturated heterocycles. The summed E-state index contributed by atoms with van der Waals surface area (Å²) in [4.78, 5) is 28.0. The maximum atomic E-state index is 13.4. The van der Waals surface area contributed by atoms with E-state index in [0.29, 0.717) is 36.5 Å². The molecule has 130 valence electrons. The number of amides is 2. The van der Waals surface area contributed by atoms with Crippen molar-refractivity contribution in [1.29, 1.82) is 0 Å². The summed E-state index contributed by atoms with van der Waals surface area (Å²) in [5.74, 6) is -0.432. The monoisotopic (exact) mass is 354 g/mol. The summed E-state index contributed by atoms with van der Waals surface area (Å²) in [6.07, 6.45) is -1.35. The van der Waals surface area contributed by atoms with Gasteiger partial charge >= 0.3 is 0 Å². The second kappa shape index (κ2) is 7.07. The Morgan fingerprint density at radius 2 is 1.88 bits per heavy atom. The molecule has 0 aromatic heterocycles. The lowest BCUT2D eigenvalue weighted by atomic mass is 9.95. The highest BCUT2D eigenvalue weighted by Crippen LogP contribution is 2.24. The van der Waals surface area contributed by atoms with Crippen LogP contribution in [0.4, 0.5) is 4.39 Å². The number of hydrogen-bond acceptors (Lipinski definition) is 3. The predicted molar refractivity (Wildman–Crippen MR) is 87.6 cm³/mol. The number of nitrogens with zero attached hydrogens (tertiary/aromatic N) is 2. The van der Waals surface area contributed by atoms with E-state index in [1.165, 1.54) is 4.90 Å². The number of halogens is 2. The highest BCUT2D eigenvalue weighted by Gasteiger charge is 2.38. The zero-order chi connectivity index (χ0) is 17.3. The van der Waals surface area contributed by atoms with Gasteiger partial charge in [0.2, 0.25) is 5.91 Å². The van der Waals surface area contributed by atoms with Gasteiger partial charge in [-0.25, -0.2) is 4.39 Å². The average molecular weight is 355 g/mol. The molecule has 1 aromatic carbocycles. The minimum atomic E-state index is -1.36. The number of carbonyl (C=O) groups is 2. The zero-order valence-electron chi connectivity index (χ0n) is 13.2. The maximum Gasteiger partial charge on any atom is 0.253 e. The number of carbonyl (C=O) groups excluding carboxylic acids is 2. The van der Waals surface area contributed by atoms with Crippen molar-refractivity contribution in [2.75, 3.05) is 26.2 Å². The summed E-state index contributed by atoms with van der Waals surface area (Å²) < 4.78 is 13.4. The van der Waals surface area contributed by atoms with E-state index < -0.39 is 12.3 Å². The lowest BCUT2D eigenvalue weighted by Gasteiger charge is -2.33. The second-order valence-corrected chi connectivity index (χ2v) is 6.84. The van der Waals surface area contributed by atoms with Crippen LogP contribution in [0.15, 0.2) is 24.3 Å². The zero-order valence-corrected chi connectivity index (χ0v) is 14.0. The number of piperidine rings is 1. The fraction of sp³-hybridized carbons (Fsp3) is 0.529. The Morgan fingerprint density at radius 3 is 2.46 bits per heavy atom. The largest absolute Gasteiger partial charge is 0.388 e. The second-order valence-electron chi connectivity index (χ2n) is 6.40. The standard InChI is InChI=1S/C17H20ClFN2O3/c18-13-3-1-2-12(8-13)17(24)20-6-4-11(5-7-20)16(23)21-9-14(19)15(22)10-21/h1-3,8,11,14-15,22H,4-7,9-10H2/t14-,15-/m1/s1. The molecule has 2 aliphatic rings. The third-order valence-corrected chi connectivity index (χ3v) is 4.97. The van der Waals surface area contributed by atoms with E-state index in [4.69, 9.17) is 11.6 Å². The Bertz CT molecular complexity index is 624. The van der Waals surface area contributed by atoms with Gasteiger partial charge in [-0.05, 0) is 31.0 Å².